The first kappa shape index (κ1) is 13.1. The number of benzene rings is 1. The van der Waals surface area contributed by atoms with E-state index in [-0.39, 0.29) is 28.7 Å². The fourth-order valence-corrected chi connectivity index (χ4v) is 1.72. The van der Waals surface area contributed by atoms with Gasteiger partial charge in [0.15, 0.2) is 17.5 Å². The zero-order valence-corrected chi connectivity index (χ0v) is 10.4. The highest BCUT2D eigenvalue weighted by molar-refractivity contribution is 5.92. The highest BCUT2D eigenvalue weighted by Gasteiger charge is 2.23. The fourth-order valence-electron chi connectivity index (χ4n) is 1.72. The third-order valence-electron chi connectivity index (χ3n) is 2.45. The molecular formula is C13H12FNO4. The van der Waals surface area contributed by atoms with Crippen molar-refractivity contribution in [3.05, 3.63) is 35.7 Å². The van der Waals surface area contributed by atoms with E-state index in [0.717, 1.165) is 0 Å². The first-order valence-electron chi connectivity index (χ1n) is 5.67. The maximum Gasteiger partial charge on any atom is 0.374 e. The number of rotatable bonds is 4. The number of nitrogens with zero attached hydrogens (tertiary/aromatic N) is 1. The third kappa shape index (κ3) is 2.42. The molecule has 0 spiro atoms. The molecule has 0 saturated heterocycles. The van der Waals surface area contributed by atoms with Crippen LogP contribution in [0.2, 0.25) is 0 Å². The molecule has 1 aromatic carbocycles. The number of carbonyl (C=O) groups is 1. The highest BCUT2D eigenvalue weighted by atomic mass is 19.1. The molecule has 0 radical (unpaired) electrons. The van der Waals surface area contributed by atoms with Crippen molar-refractivity contribution in [1.82, 2.24) is 4.98 Å². The Bertz CT molecular complexity index is 621. The van der Waals surface area contributed by atoms with Gasteiger partial charge >= 0.3 is 5.97 Å². The van der Waals surface area contributed by atoms with Crippen molar-refractivity contribution >= 4 is 5.97 Å². The summed E-state index contributed by atoms with van der Waals surface area (Å²) >= 11 is 0. The van der Waals surface area contributed by atoms with Crippen molar-refractivity contribution in [3.63, 3.8) is 0 Å². The Hall–Kier alpha value is -2.37. The van der Waals surface area contributed by atoms with Crippen LogP contribution in [0, 0.1) is 12.7 Å². The van der Waals surface area contributed by atoms with Crippen molar-refractivity contribution in [3.8, 4) is 17.0 Å². The number of ether oxygens (including phenoxy) is 1. The van der Waals surface area contributed by atoms with Gasteiger partial charge in [-0.2, -0.15) is 0 Å². The molecule has 0 aliphatic carbocycles. The number of halogens is 1. The van der Waals surface area contributed by atoms with Crippen LogP contribution in [0.1, 0.15) is 23.4 Å². The van der Waals surface area contributed by atoms with Gasteiger partial charge in [-0.1, -0.05) is 6.07 Å². The van der Waals surface area contributed by atoms with E-state index in [1.165, 1.54) is 19.1 Å². The van der Waals surface area contributed by atoms with Gasteiger partial charge in [-0.15, -0.1) is 0 Å². The summed E-state index contributed by atoms with van der Waals surface area (Å²) in [6.07, 6.45) is 0. The average Bonchev–Trinajstić information content (AvgIpc) is 2.74. The van der Waals surface area contributed by atoms with E-state index in [1.807, 2.05) is 0 Å². The van der Waals surface area contributed by atoms with Crippen molar-refractivity contribution in [2.75, 3.05) is 6.61 Å². The molecule has 0 fully saturated rings. The molecule has 1 aromatic heterocycles. The summed E-state index contributed by atoms with van der Waals surface area (Å²) in [6, 6.07) is 4.47. The van der Waals surface area contributed by atoms with E-state index >= 15 is 0 Å². The summed E-state index contributed by atoms with van der Waals surface area (Å²) in [5.74, 6) is -2.12. The van der Waals surface area contributed by atoms with E-state index in [4.69, 9.17) is 14.3 Å². The van der Waals surface area contributed by atoms with Crippen LogP contribution in [0.25, 0.3) is 11.3 Å². The molecule has 1 N–H and O–H groups in total. The van der Waals surface area contributed by atoms with Crippen LogP contribution in [-0.4, -0.2) is 22.7 Å². The minimum Gasteiger partial charge on any atom is -0.491 e. The molecule has 5 nitrogen and oxygen atoms in total. The second-order valence-electron chi connectivity index (χ2n) is 3.77. The Morgan fingerprint density at radius 2 is 2.26 bits per heavy atom. The van der Waals surface area contributed by atoms with E-state index in [9.17, 15) is 9.18 Å². The zero-order valence-electron chi connectivity index (χ0n) is 10.4. The first-order valence-corrected chi connectivity index (χ1v) is 5.67. The molecule has 0 atom stereocenters. The molecule has 6 heteroatoms. The summed E-state index contributed by atoms with van der Waals surface area (Å²) < 4.78 is 24.3. The average molecular weight is 265 g/mol. The predicted molar refractivity (Wildman–Crippen MR) is 64.8 cm³/mol. The lowest BCUT2D eigenvalue weighted by molar-refractivity contribution is 0.0662. The monoisotopic (exact) mass is 265 g/mol. The van der Waals surface area contributed by atoms with E-state index in [2.05, 4.69) is 4.98 Å². The van der Waals surface area contributed by atoms with Gasteiger partial charge in [0.05, 0.1) is 6.61 Å². The maximum absolute atomic E-state index is 14.2. The molecule has 2 rings (SSSR count). The van der Waals surface area contributed by atoms with Gasteiger partial charge in [0.2, 0.25) is 5.76 Å². The van der Waals surface area contributed by atoms with Crippen LogP contribution in [0.15, 0.2) is 22.6 Å². The lowest BCUT2D eigenvalue weighted by atomic mass is 10.1. The summed E-state index contributed by atoms with van der Waals surface area (Å²) in [5, 5.41) is 9.02. The Morgan fingerprint density at radius 1 is 1.53 bits per heavy atom. The molecule has 0 unspecified atom stereocenters. The van der Waals surface area contributed by atoms with E-state index < -0.39 is 11.8 Å². The fraction of sp³-hybridized carbons (Fsp3) is 0.231. The van der Waals surface area contributed by atoms with Crippen LogP contribution in [0.3, 0.4) is 0 Å². The molecular weight excluding hydrogens is 253 g/mol. The normalized spacial score (nSPS) is 10.5. The van der Waals surface area contributed by atoms with Crippen molar-refractivity contribution in [2.24, 2.45) is 0 Å². The van der Waals surface area contributed by atoms with Crippen molar-refractivity contribution in [2.45, 2.75) is 13.8 Å². The first-order chi connectivity index (χ1) is 9.04. The Balaban J connectivity index is 2.59. The largest absolute Gasteiger partial charge is 0.491 e. The molecule has 1 heterocycles. The smallest absolute Gasteiger partial charge is 0.374 e. The SMILES string of the molecule is CCOc1cccc(-c2nc(C)oc2C(=O)O)c1F. The highest BCUT2D eigenvalue weighted by Crippen LogP contribution is 2.31. The lowest BCUT2D eigenvalue weighted by Gasteiger charge is -2.07. The number of aromatic carboxylic acids is 1. The molecule has 0 amide bonds. The lowest BCUT2D eigenvalue weighted by Crippen LogP contribution is -2.00. The number of carboxylic acid groups (broad SMARTS) is 1. The molecule has 0 bridgehead atoms. The number of aromatic nitrogens is 1. The minimum atomic E-state index is -1.29. The topological polar surface area (TPSA) is 72.6 Å². The molecule has 2 aromatic rings. The standard InChI is InChI=1S/C13H12FNO4/c1-3-18-9-6-4-5-8(10(9)14)11-12(13(16)17)19-7(2)15-11/h4-6H,3H2,1-2H3,(H,16,17). The Kier molecular flexibility index (Phi) is 3.50. The molecule has 100 valence electrons. The van der Waals surface area contributed by atoms with Gasteiger partial charge in [-0.05, 0) is 19.1 Å². The number of oxazole rings is 1. The van der Waals surface area contributed by atoms with Gasteiger partial charge < -0.3 is 14.3 Å². The summed E-state index contributed by atoms with van der Waals surface area (Å²) in [5.41, 5.74) is 0.00394. The minimum absolute atomic E-state index is 0.0379. The number of aryl methyl sites for hydroxylation is 1. The second kappa shape index (κ2) is 5.09. The summed E-state index contributed by atoms with van der Waals surface area (Å²) in [4.78, 5) is 15.0. The quantitative estimate of drug-likeness (QED) is 0.920. The molecule has 0 aliphatic heterocycles. The van der Waals surface area contributed by atoms with Crippen molar-refractivity contribution < 1.29 is 23.4 Å². The summed E-state index contributed by atoms with van der Waals surface area (Å²) in [7, 11) is 0. The van der Waals surface area contributed by atoms with Gasteiger partial charge in [0, 0.05) is 12.5 Å². The van der Waals surface area contributed by atoms with E-state index in [0.29, 0.717) is 6.61 Å². The Morgan fingerprint density at radius 3 is 2.89 bits per heavy atom. The summed E-state index contributed by atoms with van der Waals surface area (Å²) in [6.45, 7) is 3.54. The molecule has 0 saturated carbocycles. The van der Waals surface area contributed by atoms with Gasteiger partial charge in [-0.3, -0.25) is 0 Å². The maximum atomic E-state index is 14.2. The van der Waals surface area contributed by atoms with Crippen LogP contribution < -0.4 is 4.74 Å². The second-order valence-corrected chi connectivity index (χ2v) is 3.77. The van der Waals surface area contributed by atoms with Gasteiger partial charge in [0.25, 0.3) is 0 Å². The predicted octanol–water partition coefficient (Wildman–Crippen LogP) is 2.89. The van der Waals surface area contributed by atoms with Gasteiger partial charge in [-0.25, -0.2) is 14.2 Å². The third-order valence-corrected chi connectivity index (χ3v) is 2.45. The number of hydrogen-bond donors (Lipinski definition) is 1. The number of hydrogen-bond acceptors (Lipinski definition) is 4. The molecule has 0 aliphatic rings. The van der Waals surface area contributed by atoms with Gasteiger partial charge in [0.1, 0.15) is 5.69 Å². The molecule has 19 heavy (non-hydrogen) atoms. The van der Waals surface area contributed by atoms with Crippen LogP contribution in [-0.2, 0) is 0 Å². The number of carboxylic acids is 1. The van der Waals surface area contributed by atoms with E-state index in [1.54, 1.807) is 13.0 Å². The zero-order chi connectivity index (χ0) is 14.0. The van der Waals surface area contributed by atoms with Crippen molar-refractivity contribution in [1.29, 1.82) is 0 Å². The van der Waals surface area contributed by atoms with Crippen LogP contribution >= 0.6 is 0 Å². The van der Waals surface area contributed by atoms with Crippen LogP contribution in [0.5, 0.6) is 5.75 Å². The van der Waals surface area contributed by atoms with Crippen LogP contribution in [0.4, 0.5) is 4.39 Å². The Labute approximate surface area is 108 Å².